The molecule has 27 heavy (non-hydrogen) atoms. The zero-order chi connectivity index (χ0) is 19.4. The van der Waals surface area contributed by atoms with Gasteiger partial charge in [-0.1, -0.05) is 0 Å². The van der Waals surface area contributed by atoms with Gasteiger partial charge in [0.2, 0.25) is 10.0 Å². The van der Waals surface area contributed by atoms with Crippen LogP contribution in [0.1, 0.15) is 18.5 Å². The van der Waals surface area contributed by atoms with E-state index in [1.165, 1.54) is 12.4 Å². The van der Waals surface area contributed by atoms with Crippen molar-refractivity contribution in [3.05, 3.63) is 47.9 Å². The van der Waals surface area contributed by atoms with Crippen LogP contribution in [0, 0.1) is 28.9 Å². The minimum absolute atomic E-state index is 0.0572. The van der Waals surface area contributed by atoms with Gasteiger partial charge < -0.3 is 4.90 Å². The van der Waals surface area contributed by atoms with Crippen LogP contribution in [0.5, 0.6) is 0 Å². The Morgan fingerprint density at radius 1 is 1.22 bits per heavy atom. The third-order valence-corrected chi connectivity index (χ3v) is 5.90. The number of aromatic nitrogens is 2. The predicted octanol–water partition coefficient (Wildman–Crippen LogP) is 1.82. The van der Waals surface area contributed by atoms with E-state index in [1.807, 2.05) is 11.0 Å². The van der Waals surface area contributed by atoms with Gasteiger partial charge in [0, 0.05) is 38.1 Å². The van der Waals surface area contributed by atoms with Gasteiger partial charge in [-0.05, 0) is 30.9 Å². The zero-order valence-corrected chi connectivity index (χ0v) is 15.1. The number of hydrogen-bond acceptors (Lipinski definition) is 6. The van der Waals surface area contributed by atoms with Crippen LogP contribution < -0.4 is 9.62 Å². The summed E-state index contributed by atoms with van der Waals surface area (Å²) in [5, 5.41) is 9.11. The fourth-order valence-electron chi connectivity index (χ4n) is 2.99. The van der Waals surface area contributed by atoms with Crippen molar-refractivity contribution in [1.82, 2.24) is 14.7 Å². The quantitative estimate of drug-likeness (QED) is 0.832. The lowest BCUT2D eigenvalue weighted by Gasteiger charge is -2.32. The molecule has 0 atom stereocenters. The summed E-state index contributed by atoms with van der Waals surface area (Å²) in [6, 6.07) is 4.37. The molecule has 1 fully saturated rings. The van der Waals surface area contributed by atoms with E-state index in [0.29, 0.717) is 37.8 Å². The number of rotatable bonds is 5. The molecule has 10 heteroatoms. The maximum Gasteiger partial charge on any atom is 0.243 e. The smallest absolute Gasteiger partial charge is 0.243 e. The lowest BCUT2D eigenvalue weighted by atomic mass is 9.97. The first-order chi connectivity index (χ1) is 12.9. The summed E-state index contributed by atoms with van der Waals surface area (Å²) in [5.41, 5.74) is 0.253. The Bertz CT molecular complexity index is 970. The summed E-state index contributed by atoms with van der Waals surface area (Å²) >= 11 is 0. The average Bonchev–Trinajstić information content (AvgIpc) is 2.66. The Labute approximate surface area is 155 Å². The van der Waals surface area contributed by atoms with Crippen LogP contribution in [0.15, 0.2) is 35.5 Å². The largest absolute Gasteiger partial charge is 0.354 e. The molecular formula is C17H17F2N5O2S. The number of piperidine rings is 1. The molecule has 0 radical (unpaired) electrons. The maximum absolute atomic E-state index is 13.7. The molecule has 1 aromatic carbocycles. The van der Waals surface area contributed by atoms with Gasteiger partial charge >= 0.3 is 0 Å². The molecule has 1 aromatic heterocycles. The highest BCUT2D eigenvalue weighted by molar-refractivity contribution is 7.89. The van der Waals surface area contributed by atoms with E-state index in [1.54, 1.807) is 0 Å². The first-order valence-electron chi connectivity index (χ1n) is 8.31. The van der Waals surface area contributed by atoms with Crippen molar-refractivity contribution in [3.63, 3.8) is 0 Å². The number of nitrogens with zero attached hydrogens (tertiary/aromatic N) is 4. The molecule has 1 saturated heterocycles. The summed E-state index contributed by atoms with van der Waals surface area (Å²) in [6.07, 6.45) is 4.33. The highest BCUT2D eigenvalue weighted by Crippen LogP contribution is 2.23. The van der Waals surface area contributed by atoms with E-state index in [9.17, 15) is 17.2 Å². The molecule has 2 aromatic rings. The fourth-order valence-corrected chi connectivity index (χ4v) is 4.16. The molecule has 1 N–H and O–H groups in total. The summed E-state index contributed by atoms with van der Waals surface area (Å²) in [6.45, 7) is 1.36. The van der Waals surface area contributed by atoms with Gasteiger partial charge in [-0.2, -0.15) is 5.26 Å². The van der Waals surface area contributed by atoms with Gasteiger partial charge in [-0.3, -0.25) is 0 Å². The number of anilines is 1. The molecule has 0 spiro atoms. The molecule has 2 heterocycles. The summed E-state index contributed by atoms with van der Waals surface area (Å²) in [5.74, 6) is -1.38. The lowest BCUT2D eigenvalue weighted by Crippen LogP contribution is -2.39. The molecule has 0 amide bonds. The van der Waals surface area contributed by atoms with Crippen LogP contribution in [-0.4, -0.2) is 38.0 Å². The lowest BCUT2D eigenvalue weighted by molar-refractivity contribution is 0.400. The number of benzene rings is 1. The van der Waals surface area contributed by atoms with Crippen LogP contribution in [0.25, 0.3) is 0 Å². The molecule has 142 valence electrons. The van der Waals surface area contributed by atoms with Gasteiger partial charge in [0.15, 0.2) is 11.5 Å². The van der Waals surface area contributed by atoms with Gasteiger partial charge in [0.05, 0.1) is 0 Å². The van der Waals surface area contributed by atoms with E-state index in [-0.39, 0.29) is 18.2 Å². The minimum Gasteiger partial charge on any atom is -0.354 e. The SMILES string of the molecule is N#Cc1nccnc1N1CCC(CNS(=O)(=O)c2ccc(F)cc2F)CC1. The molecule has 0 saturated carbocycles. The van der Waals surface area contributed by atoms with Crippen LogP contribution in [0.4, 0.5) is 14.6 Å². The Hall–Kier alpha value is -2.64. The van der Waals surface area contributed by atoms with Crippen molar-refractivity contribution in [1.29, 1.82) is 5.26 Å². The Kier molecular flexibility index (Phi) is 5.62. The third-order valence-electron chi connectivity index (χ3n) is 4.44. The van der Waals surface area contributed by atoms with E-state index in [2.05, 4.69) is 14.7 Å². The number of halogens is 2. The van der Waals surface area contributed by atoms with Gasteiger partial charge in [-0.15, -0.1) is 0 Å². The van der Waals surface area contributed by atoms with Crippen LogP contribution in [-0.2, 0) is 10.0 Å². The number of hydrogen-bond donors (Lipinski definition) is 1. The van der Waals surface area contributed by atoms with Gasteiger partial charge in [-0.25, -0.2) is 31.9 Å². The van der Waals surface area contributed by atoms with Gasteiger partial charge in [0.25, 0.3) is 0 Å². The second kappa shape index (κ2) is 7.94. The van der Waals surface area contributed by atoms with Crippen molar-refractivity contribution >= 4 is 15.8 Å². The number of sulfonamides is 1. The van der Waals surface area contributed by atoms with Crippen LogP contribution in [0.2, 0.25) is 0 Å². The number of nitrogens with one attached hydrogen (secondary N) is 1. The second-order valence-electron chi connectivity index (χ2n) is 6.20. The highest BCUT2D eigenvalue weighted by Gasteiger charge is 2.25. The normalized spacial score (nSPS) is 15.5. The molecule has 0 bridgehead atoms. The summed E-state index contributed by atoms with van der Waals surface area (Å²) in [7, 11) is -4.05. The van der Waals surface area contributed by atoms with Crippen molar-refractivity contribution in [2.45, 2.75) is 17.7 Å². The molecular weight excluding hydrogens is 376 g/mol. The van der Waals surface area contributed by atoms with Crippen molar-refractivity contribution in [3.8, 4) is 6.07 Å². The standard InChI is InChI=1S/C17H17F2N5O2S/c18-13-1-2-16(14(19)9-13)27(25,26)23-11-12-3-7-24(8-4-12)17-15(10-20)21-5-6-22-17/h1-2,5-6,9,12,23H,3-4,7-8,11H2. The van der Waals surface area contributed by atoms with E-state index in [0.717, 1.165) is 12.1 Å². The first-order valence-corrected chi connectivity index (χ1v) is 9.80. The molecule has 3 rings (SSSR count). The Balaban J connectivity index is 1.59. The van der Waals surface area contributed by atoms with E-state index in [4.69, 9.17) is 5.26 Å². The predicted molar refractivity (Wildman–Crippen MR) is 93.2 cm³/mol. The second-order valence-corrected chi connectivity index (χ2v) is 7.93. The van der Waals surface area contributed by atoms with Crippen LogP contribution >= 0.6 is 0 Å². The third kappa shape index (κ3) is 4.37. The zero-order valence-electron chi connectivity index (χ0n) is 14.3. The van der Waals surface area contributed by atoms with Crippen molar-refractivity contribution < 1.29 is 17.2 Å². The molecule has 0 unspecified atom stereocenters. The fraction of sp³-hybridized carbons (Fsp3) is 0.353. The summed E-state index contributed by atoms with van der Waals surface area (Å²) < 4.78 is 53.5. The maximum atomic E-state index is 13.7. The highest BCUT2D eigenvalue weighted by atomic mass is 32.2. The molecule has 7 nitrogen and oxygen atoms in total. The van der Waals surface area contributed by atoms with E-state index < -0.39 is 26.6 Å². The average molecular weight is 393 g/mol. The molecule has 1 aliphatic heterocycles. The van der Waals surface area contributed by atoms with Crippen molar-refractivity contribution in [2.75, 3.05) is 24.5 Å². The van der Waals surface area contributed by atoms with E-state index >= 15 is 0 Å². The van der Waals surface area contributed by atoms with Gasteiger partial charge in [0.1, 0.15) is 22.6 Å². The topological polar surface area (TPSA) is 99.0 Å². The number of nitriles is 1. The Morgan fingerprint density at radius 3 is 2.59 bits per heavy atom. The first kappa shape index (κ1) is 19.1. The molecule has 1 aliphatic rings. The Morgan fingerprint density at radius 2 is 1.93 bits per heavy atom. The monoisotopic (exact) mass is 393 g/mol. The molecule has 0 aliphatic carbocycles. The minimum atomic E-state index is -4.05. The summed E-state index contributed by atoms with van der Waals surface area (Å²) in [4.78, 5) is 9.56. The van der Waals surface area contributed by atoms with Crippen LogP contribution in [0.3, 0.4) is 0 Å². The van der Waals surface area contributed by atoms with Crippen molar-refractivity contribution in [2.24, 2.45) is 5.92 Å².